The van der Waals surface area contributed by atoms with Crippen molar-refractivity contribution in [2.75, 3.05) is 18.2 Å². The van der Waals surface area contributed by atoms with E-state index in [0.29, 0.717) is 27.9 Å². The van der Waals surface area contributed by atoms with Gasteiger partial charge in [0.15, 0.2) is 5.65 Å². The lowest BCUT2D eigenvalue weighted by Crippen LogP contribution is -2.38. The van der Waals surface area contributed by atoms with Crippen LogP contribution in [0.3, 0.4) is 0 Å². The zero-order valence-electron chi connectivity index (χ0n) is 19.0. The Morgan fingerprint density at radius 2 is 1.85 bits per heavy atom. The summed E-state index contributed by atoms with van der Waals surface area (Å²) >= 11 is 1.17. The maximum Gasteiger partial charge on any atom is 0.332 e. The summed E-state index contributed by atoms with van der Waals surface area (Å²) in [5.41, 5.74) is -0.0211. The van der Waals surface area contributed by atoms with E-state index in [1.807, 2.05) is 12.1 Å². The molecule has 1 fully saturated rings. The van der Waals surface area contributed by atoms with Crippen LogP contribution in [0.25, 0.3) is 11.0 Å². The van der Waals surface area contributed by atoms with Gasteiger partial charge < -0.3 is 10.1 Å². The number of rotatable bonds is 6. The lowest BCUT2D eigenvalue weighted by atomic mass is 9.89. The van der Waals surface area contributed by atoms with Crippen molar-refractivity contribution in [2.45, 2.75) is 43.0 Å². The quantitative estimate of drug-likeness (QED) is 0.437. The van der Waals surface area contributed by atoms with Gasteiger partial charge in [-0.3, -0.25) is 18.7 Å². The molecule has 0 radical (unpaired) electrons. The van der Waals surface area contributed by atoms with Gasteiger partial charge in [0.1, 0.15) is 22.0 Å². The van der Waals surface area contributed by atoms with Crippen LogP contribution >= 0.6 is 11.8 Å². The number of benzene rings is 1. The summed E-state index contributed by atoms with van der Waals surface area (Å²) in [6.45, 7) is 0. The average Bonchev–Trinajstić information content (AvgIpc) is 2.85. The third-order valence-electron chi connectivity index (χ3n) is 5.98. The van der Waals surface area contributed by atoms with E-state index in [4.69, 9.17) is 9.72 Å². The number of anilines is 1. The number of hydrogen-bond donors (Lipinski definition) is 1. The first-order valence-electron chi connectivity index (χ1n) is 10.9. The van der Waals surface area contributed by atoms with Crippen LogP contribution in [0.15, 0.2) is 38.9 Å². The van der Waals surface area contributed by atoms with Crippen molar-refractivity contribution in [3.63, 3.8) is 0 Å². The van der Waals surface area contributed by atoms with Crippen LogP contribution in [-0.4, -0.2) is 37.9 Å². The Balaban J connectivity index is 1.69. The first-order chi connectivity index (χ1) is 15.9. The zero-order chi connectivity index (χ0) is 23.5. The molecule has 1 aliphatic rings. The number of methoxy groups -OCH3 is 1. The molecule has 1 saturated carbocycles. The summed E-state index contributed by atoms with van der Waals surface area (Å²) in [6.07, 6.45) is 5.34. The van der Waals surface area contributed by atoms with Crippen LogP contribution < -0.4 is 21.3 Å². The molecule has 1 N–H and O–H groups in total. The number of para-hydroxylation sites is 2. The molecule has 0 spiro atoms. The fourth-order valence-corrected chi connectivity index (χ4v) is 4.98. The Kier molecular flexibility index (Phi) is 6.83. The molecule has 4 rings (SSSR count). The molecule has 9 nitrogen and oxygen atoms in total. The minimum atomic E-state index is -0.462. The molecule has 0 bridgehead atoms. The number of amides is 1. The monoisotopic (exact) mass is 469 g/mol. The second-order valence-corrected chi connectivity index (χ2v) is 9.13. The summed E-state index contributed by atoms with van der Waals surface area (Å²) in [7, 11) is 4.58. The van der Waals surface area contributed by atoms with Crippen LogP contribution in [0, 0.1) is 0 Å². The van der Waals surface area contributed by atoms with Crippen molar-refractivity contribution in [1.29, 1.82) is 0 Å². The van der Waals surface area contributed by atoms with E-state index in [9.17, 15) is 14.4 Å². The molecule has 3 aromatic rings. The molecule has 0 aliphatic heterocycles. The van der Waals surface area contributed by atoms with Crippen molar-refractivity contribution in [1.82, 2.24) is 19.1 Å². The van der Waals surface area contributed by atoms with E-state index in [2.05, 4.69) is 10.3 Å². The molecule has 2 heterocycles. The molecule has 174 valence electrons. The molecule has 2 aromatic heterocycles. The standard InChI is InChI=1S/C23H27N5O4S/c1-27-20-18(22(30)28(2)23(27)31)21(26-19(25-20)14-9-5-4-6-10-14)33-13-17(29)24-15-11-7-8-12-16(15)32-3/h7-8,11-12,14H,4-6,9-10,13H2,1-3H3,(H,24,29). The highest BCUT2D eigenvalue weighted by Crippen LogP contribution is 2.33. The van der Waals surface area contributed by atoms with Gasteiger partial charge in [0.05, 0.1) is 18.6 Å². The number of carbonyl (C=O) groups is 1. The first-order valence-corrected chi connectivity index (χ1v) is 11.9. The SMILES string of the molecule is COc1ccccc1NC(=O)CSc1nc(C2CCCCC2)nc2c1c(=O)n(C)c(=O)n2C. The summed E-state index contributed by atoms with van der Waals surface area (Å²) in [4.78, 5) is 47.5. The number of nitrogens with zero attached hydrogens (tertiary/aromatic N) is 4. The highest BCUT2D eigenvalue weighted by atomic mass is 32.2. The molecule has 0 unspecified atom stereocenters. The van der Waals surface area contributed by atoms with Gasteiger partial charge >= 0.3 is 5.69 Å². The average molecular weight is 470 g/mol. The van der Waals surface area contributed by atoms with Crippen LogP contribution in [0.4, 0.5) is 5.69 Å². The number of aryl methyl sites for hydroxylation is 1. The summed E-state index contributed by atoms with van der Waals surface area (Å²) < 4.78 is 7.71. The van der Waals surface area contributed by atoms with E-state index in [1.165, 1.54) is 29.8 Å². The minimum Gasteiger partial charge on any atom is -0.495 e. The summed E-state index contributed by atoms with van der Waals surface area (Å²) in [5.74, 6) is 1.17. The number of hydrogen-bond acceptors (Lipinski definition) is 7. The highest BCUT2D eigenvalue weighted by molar-refractivity contribution is 8.00. The number of ether oxygens (including phenoxy) is 1. The second-order valence-electron chi connectivity index (χ2n) is 8.16. The molecule has 0 atom stereocenters. The van der Waals surface area contributed by atoms with Crippen molar-refractivity contribution < 1.29 is 9.53 Å². The Hall–Kier alpha value is -3.14. The molecule has 1 aliphatic carbocycles. The van der Waals surface area contributed by atoms with Crippen molar-refractivity contribution in [2.24, 2.45) is 14.1 Å². The molecule has 1 aromatic carbocycles. The molecular formula is C23H27N5O4S. The van der Waals surface area contributed by atoms with E-state index in [-0.39, 0.29) is 23.0 Å². The van der Waals surface area contributed by atoms with Crippen LogP contribution in [0.1, 0.15) is 43.8 Å². The van der Waals surface area contributed by atoms with Crippen molar-refractivity contribution >= 4 is 34.4 Å². The Morgan fingerprint density at radius 3 is 2.58 bits per heavy atom. The number of nitrogens with one attached hydrogen (secondary N) is 1. The van der Waals surface area contributed by atoms with Gasteiger partial charge in [-0.15, -0.1) is 0 Å². The number of aromatic nitrogens is 4. The first kappa shape index (κ1) is 23.0. The van der Waals surface area contributed by atoms with Gasteiger partial charge in [0.25, 0.3) is 5.56 Å². The lowest BCUT2D eigenvalue weighted by molar-refractivity contribution is -0.113. The number of carbonyl (C=O) groups excluding carboxylic acids is 1. The van der Waals surface area contributed by atoms with Crippen molar-refractivity contribution in [3.8, 4) is 5.75 Å². The minimum absolute atomic E-state index is 0.0419. The van der Waals surface area contributed by atoms with Gasteiger partial charge in [-0.2, -0.15) is 0 Å². The van der Waals surface area contributed by atoms with Crippen LogP contribution in [-0.2, 0) is 18.9 Å². The molecule has 0 saturated heterocycles. The molecular weight excluding hydrogens is 442 g/mol. The normalized spacial score (nSPS) is 14.4. The van der Waals surface area contributed by atoms with Gasteiger partial charge in [0, 0.05) is 20.0 Å². The van der Waals surface area contributed by atoms with E-state index in [1.54, 1.807) is 26.3 Å². The summed E-state index contributed by atoms with van der Waals surface area (Å²) in [6, 6.07) is 7.16. The highest BCUT2D eigenvalue weighted by Gasteiger charge is 2.23. The Labute approximate surface area is 195 Å². The van der Waals surface area contributed by atoms with Crippen LogP contribution in [0.2, 0.25) is 0 Å². The van der Waals surface area contributed by atoms with Gasteiger partial charge in [0.2, 0.25) is 5.91 Å². The smallest absolute Gasteiger partial charge is 0.332 e. The second kappa shape index (κ2) is 9.78. The molecule has 10 heteroatoms. The molecule has 1 amide bonds. The van der Waals surface area contributed by atoms with E-state index in [0.717, 1.165) is 30.3 Å². The largest absolute Gasteiger partial charge is 0.495 e. The van der Waals surface area contributed by atoms with E-state index < -0.39 is 11.2 Å². The third-order valence-corrected chi connectivity index (χ3v) is 6.95. The maximum atomic E-state index is 13.0. The molecule has 33 heavy (non-hydrogen) atoms. The van der Waals surface area contributed by atoms with Gasteiger partial charge in [-0.25, -0.2) is 14.8 Å². The fourth-order valence-electron chi connectivity index (χ4n) is 4.16. The predicted octanol–water partition coefficient (Wildman–Crippen LogP) is 2.81. The zero-order valence-corrected chi connectivity index (χ0v) is 19.8. The van der Waals surface area contributed by atoms with Gasteiger partial charge in [-0.1, -0.05) is 43.2 Å². The Bertz CT molecular complexity index is 1310. The third kappa shape index (κ3) is 4.66. The Morgan fingerprint density at radius 1 is 1.12 bits per heavy atom. The summed E-state index contributed by atoms with van der Waals surface area (Å²) in [5, 5.41) is 3.52. The number of thioether (sulfide) groups is 1. The van der Waals surface area contributed by atoms with Crippen LogP contribution in [0.5, 0.6) is 5.75 Å². The van der Waals surface area contributed by atoms with Crippen molar-refractivity contribution in [3.05, 3.63) is 50.9 Å². The fraction of sp³-hybridized carbons (Fsp3) is 0.435. The maximum absolute atomic E-state index is 13.0. The number of fused-ring (bicyclic) bond motifs is 1. The van der Waals surface area contributed by atoms with Gasteiger partial charge in [-0.05, 0) is 25.0 Å². The lowest BCUT2D eigenvalue weighted by Gasteiger charge is -2.21. The van der Waals surface area contributed by atoms with E-state index >= 15 is 0 Å². The topological polar surface area (TPSA) is 108 Å². The predicted molar refractivity (Wildman–Crippen MR) is 128 cm³/mol.